The lowest BCUT2D eigenvalue weighted by molar-refractivity contribution is -0.142. The quantitative estimate of drug-likeness (QED) is 0.727. The molecule has 1 fully saturated rings. The average Bonchev–Trinajstić information content (AvgIpc) is 2.17. The zero-order valence-electron chi connectivity index (χ0n) is 10.1. The van der Waals surface area contributed by atoms with Crippen LogP contribution in [-0.4, -0.2) is 25.2 Å². The SMILES string of the molecule is CCNC1(CC(=O)OC)CCCC(C)C1. The van der Waals surface area contributed by atoms with Crippen LogP contribution in [-0.2, 0) is 9.53 Å². The molecule has 1 rings (SSSR count). The minimum Gasteiger partial charge on any atom is -0.469 e. The fourth-order valence-corrected chi connectivity index (χ4v) is 2.77. The minimum absolute atomic E-state index is 0.000486. The normalized spacial score (nSPS) is 31.3. The fourth-order valence-electron chi connectivity index (χ4n) is 2.77. The van der Waals surface area contributed by atoms with E-state index in [1.54, 1.807) is 0 Å². The first-order chi connectivity index (χ1) is 7.12. The Morgan fingerprint density at radius 1 is 1.60 bits per heavy atom. The average molecular weight is 213 g/mol. The molecule has 0 aromatic rings. The van der Waals surface area contributed by atoms with Crippen molar-refractivity contribution in [2.75, 3.05) is 13.7 Å². The lowest BCUT2D eigenvalue weighted by Gasteiger charge is -2.40. The number of hydrogen-bond acceptors (Lipinski definition) is 3. The van der Waals surface area contributed by atoms with Gasteiger partial charge in [-0.3, -0.25) is 4.79 Å². The second-order valence-electron chi connectivity index (χ2n) is 4.77. The number of ether oxygens (including phenoxy) is 1. The lowest BCUT2D eigenvalue weighted by Crippen LogP contribution is -2.50. The van der Waals surface area contributed by atoms with Crippen molar-refractivity contribution in [3.63, 3.8) is 0 Å². The van der Waals surface area contributed by atoms with Gasteiger partial charge in [0, 0.05) is 5.54 Å². The van der Waals surface area contributed by atoms with Gasteiger partial charge in [-0.25, -0.2) is 0 Å². The van der Waals surface area contributed by atoms with Crippen LogP contribution < -0.4 is 5.32 Å². The van der Waals surface area contributed by atoms with Gasteiger partial charge in [-0.2, -0.15) is 0 Å². The molecule has 88 valence electrons. The van der Waals surface area contributed by atoms with Gasteiger partial charge in [-0.15, -0.1) is 0 Å². The van der Waals surface area contributed by atoms with Crippen molar-refractivity contribution in [2.45, 2.75) is 51.5 Å². The predicted octanol–water partition coefficient (Wildman–Crippen LogP) is 2.11. The smallest absolute Gasteiger partial charge is 0.307 e. The standard InChI is InChI=1S/C12H23NO2/c1-4-13-12(9-11(14)15-3)7-5-6-10(2)8-12/h10,13H,4-9H2,1-3H3. The van der Waals surface area contributed by atoms with Gasteiger partial charge >= 0.3 is 5.97 Å². The van der Waals surface area contributed by atoms with E-state index in [2.05, 4.69) is 19.2 Å². The molecule has 0 heterocycles. The van der Waals surface area contributed by atoms with E-state index in [1.807, 2.05) is 0 Å². The molecule has 0 aromatic carbocycles. The number of carbonyl (C=O) groups excluding carboxylic acids is 1. The Kier molecular flexibility index (Phi) is 4.58. The third-order valence-corrected chi connectivity index (χ3v) is 3.35. The molecule has 0 amide bonds. The van der Waals surface area contributed by atoms with Crippen molar-refractivity contribution < 1.29 is 9.53 Å². The third-order valence-electron chi connectivity index (χ3n) is 3.35. The highest BCUT2D eigenvalue weighted by Gasteiger charge is 2.36. The zero-order valence-corrected chi connectivity index (χ0v) is 10.1. The monoisotopic (exact) mass is 213 g/mol. The molecule has 1 N–H and O–H groups in total. The van der Waals surface area contributed by atoms with E-state index in [-0.39, 0.29) is 11.5 Å². The summed E-state index contributed by atoms with van der Waals surface area (Å²) in [6, 6.07) is 0. The van der Waals surface area contributed by atoms with Crippen LogP contribution in [0.15, 0.2) is 0 Å². The Balaban J connectivity index is 2.63. The van der Waals surface area contributed by atoms with Crippen LogP contribution in [0, 0.1) is 5.92 Å². The maximum atomic E-state index is 11.4. The fraction of sp³-hybridized carbons (Fsp3) is 0.917. The number of carbonyl (C=O) groups is 1. The summed E-state index contributed by atoms with van der Waals surface area (Å²) in [4.78, 5) is 11.4. The van der Waals surface area contributed by atoms with Crippen LogP contribution in [0.1, 0.15) is 46.0 Å². The van der Waals surface area contributed by atoms with Crippen LogP contribution in [0.25, 0.3) is 0 Å². The highest BCUT2D eigenvalue weighted by atomic mass is 16.5. The largest absolute Gasteiger partial charge is 0.469 e. The molecule has 3 heteroatoms. The van der Waals surface area contributed by atoms with Gasteiger partial charge in [0.25, 0.3) is 0 Å². The molecule has 0 bridgehead atoms. The Bertz CT molecular complexity index is 214. The van der Waals surface area contributed by atoms with E-state index in [0.717, 1.165) is 19.4 Å². The third kappa shape index (κ3) is 3.49. The van der Waals surface area contributed by atoms with E-state index in [0.29, 0.717) is 12.3 Å². The lowest BCUT2D eigenvalue weighted by atomic mass is 9.74. The van der Waals surface area contributed by atoms with Gasteiger partial charge in [0.2, 0.25) is 0 Å². The maximum absolute atomic E-state index is 11.4. The summed E-state index contributed by atoms with van der Waals surface area (Å²) in [5.41, 5.74) is -0.000486. The van der Waals surface area contributed by atoms with Crippen molar-refractivity contribution in [3.05, 3.63) is 0 Å². The first kappa shape index (κ1) is 12.5. The summed E-state index contributed by atoms with van der Waals surface area (Å²) in [7, 11) is 1.47. The Morgan fingerprint density at radius 3 is 2.87 bits per heavy atom. The van der Waals surface area contributed by atoms with E-state index in [1.165, 1.54) is 20.0 Å². The summed E-state index contributed by atoms with van der Waals surface area (Å²) < 4.78 is 4.78. The van der Waals surface area contributed by atoms with E-state index < -0.39 is 0 Å². The van der Waals surface area contributed by atoms with Gasteiger partial charge in [0.15, 0.2) is 0 Å². The summed E-state index contributed by atoms with van der Waals surface area (Å²) in [6.07, 6.45) is 5.21. The number of hydrogen-bond donors (Lipinski definition) is 1. The zero-order chi connectivity index (χ0) is 11.3. The summed E-state index contributed by atoms with van der Waals surface area (Å²) in [5, 5.41) is 3.49. The molecule has 0 saturated heterocycles. The van der Waals surface area contributed by atoms with Crippen LogP contribution in [0.3, 0.4) is 0 Å². The van der Waals surface area contributed by atoms with Crippen molar-refractivity contribution >= 4 is 5.97 Å². The van der Waals surface area contributed by atoms with Crippen LogP contribution in [0.2, 0.25) is 0 Å². The predicted molar refractivity (Wildman–Crippen MR) is 60.7 cm³/mol. The molecule has 2 unspecified atom stereocenters. The van der Waals surface area contributed by atoms with Crippen molar-refractivity contribution in [2.24, 2.45) is 5.92 Å². The first-order valence-electron chi connectivity index (χ1n) is 5.94. The van der Waals surface area contributed by atoms with Gasteiger partial charge in [-0.05, 0) is 25.3 Å². The van der Waals surface area contributed by atoms with Crippen LogP contribution in [0.4, 0.5) is 0 Å². The molecule has 0 spiro atoms. The molecule has 0 radical (unpaired) electrons. The highest BCUT2D eigenvalue weighted by molar-refractivity contribution is 5.70. The van der Waals surface area contributed by atoms with Gasteiger partial charge in [0.1, 0.15) is 0 Å². The molecule has 1 aliphatic rings. The molecule has 3 nitrogen and oxygen atoms in total. The van der Waals surface area contributed by atoms with E-state index >= 15 is 0 Å². The van der Waals surface area contributed by atoms with E-state index in [4.69, 9.17) is 4.74 Å². The van der Waals surface area contributed by atoms with Crippen molar-refractivity contribution in [1.29, 1.82) is 0 Å². The molecular formula is C12H23NO2. The molecule has 0 aliphatic heterocycles. The summed E-state index contributed by atoms with van der Waals surface area (Å²) in [5.74, 6) is 0.618. The second-order valence-corrected chi connectivity index (χ2v) is 4.77. The Labute approximate surface area is 92.6 Å². The van der Waals surface area contributed by atoms with Crippen molar-refractivity contribution in [1.82, 2.24) is 5.32 Å². The Morgan fingerprint density at radius 2 is 2.33 bits per heavy atom. The molecule has 1 aliphatic carbocycles. The Hall–Kier alpha value is -0.570. The number of nitrogens with one attached hydrogen (secondary N) is 1. The first-order valence-corrected chi connectivity index (χ1v) is 5.94. The minimum atomic E-state index is -0.0925. The molecule has 15 heavy (non-hydrogen) atoms. The van der Waals surface area contributed by atoms with Crippen LogP contribution >= 0.6 is 0 Å². The highest BCUT2D eigenvalue weighted by Crippen LogP contribution is 2.34. The second kappa shape index (κ2) is 5.50. The number of methoxy groups -OCH3 is 1. The van der Waals surface area contributed by atoms with Crippen LogP contribution in [0.5, 0.6) is 0 Å². The van der Waals surface area contributed by atoms with Gasteiger partial charge < -0.3 is 10.1 Å². The molecule has 0 aromatic heterocycles. The molecule has 2 atom stereocenters. The van der Waals surface area contributed by atoms with Crippen molar-refractivity contribution in [3.8, 4) is 0 Å². The molecular weight excluding hydrogens is 190 g/mol. The summed E-state index contributed by atoms with van der Waals surface area (Å²) in [6.45, 7) is 5.28. The topological polar surface area (TPSA) is 38.3 Å². The molecule has 1 saturated carbocycles. The number of esters is 1. The van der Waals surface area contributed by atoms with Gasteiger partial charge in [0.05, 0.1) is 13.5 Å². The summed E-state index contributed by atoms with van der Waals surface area (Å²) >= 11 is 0. The number of rotatable bonds is 4. The maximum Gasteiger partial charge on any atom is 0.307 e. The van der Waals surface area contributed by atoms with Gasteiger partial charge in [-0.1, -0.05) is 26.7 Å². The van der Waals surface area contributed by atoms with E-state index in [9.17, 15) is 4.79 Å².